The number of hydrogen-bond acceptors (Lipinski definition) is 4. The number of carbonyl (C=O) groups excluding carboxylic acids is 1. The van der Waals surface area contributed by atoms with Crippen LogP contribution in [-0.2, 0) is 4.74 Å². The van der Waals surface area contributed by atoms with Crippen LogP contribution in [0.5, 0.6) is 0 Å². The number of carbonyl (C=O) groups is 1. The summed E-state index contributed by atoms with van der Waals surface area (Å²) in [6.07, 6.45) is 1.85. The molecule has 23 heavy (non-hydrogen) atoms. The molecular weight excluding hydrogens is 308 g/mol. The molecule has 3 rings (SSSR count). The molecule has 1 aliphatic heterocycles. The maximum Gasteiger partial charge on any atom is 0.256 e. The second-order valence-electron chi connectivity index (χ2n) is 5.74. The molecule has 1 fully saturated rings. The summed E-state index contributed by atoms with van der Waals surface area (Å²) in [7, 11) is 0. The summed E-state index contributed by atoms with van der Waals surface area (Å²) in [5, 5.41) is 0.746. The van der Waals surface area contributed by atoms with Crippen LogP contribution in [0, 0.1) is 0 Å². The molecule has 2 unspecified atom stereocenters. The fourth-order valence-corrected chi connectivity index (χ4v) is 3.64. The van der Waals surface area contributed by atoms with Gasteiger partial charge >= 0.3 is 0 Å². The molecule has 0 radical (unpaired) electrons. The van der Waals surface area contributed by atoms with Crippen molar-refractivity contribution in [3.63, 3.8) is 0 Å². The molecule has 1 aromatic heterocycles. The molecule has 0 spiro atoms. The van der Waals surface area contributed by atoms with E-state index >= 15 is 0 Å². The molecule has 0 saturated carbocycles. The zero-order valence-corrected chi connectivity index (χ0v) is 14.1. The largest absolute Gasteiger partial charge is 0.372 e. The van der Waals surface area contributed by atoms with E-state index in [0.29, 0.717) is 18.7 Å². The van der Waals surface area contributed by atoms with Crippen LogP contribution in [0.25, 0.3) is 0 Å². The number of pyridine rings is 1. The number of benzene rings is 1. The van der Waals surface area contributed by atoms with Gasteiger partial charge in [0.05, 0.1) is 17.8 Å². The topological polar surface area (TPSA) is 42.4 Å². The van der Waals surface area contributed by atoms with E-state index in [4.69, 9.17) is 4.74 Å². The summed E-state index contributed by atoms with van der Waals surface area (Å²) >= 11 is 1.52. The van der Waals surface area contributed by atoms with Crippen LogP contribution in [-0.4, -0.2) is 41.1 Å². The van der Waals surface area contributed by atoms with E-state index in [1.165, 1.54) is 11.8 Å². The van der Waals surface area contributed by atoms with Crippen molar-refractivity contribution in [1.82, 2.24) is 9.88 Å². The van der Waals surface area contributed by atoms with Gasteiger partial charge in [0.1, 0.15) is 5.03 Å². The van der Waals surface area contributed by atoms with Crippen molar-refractivity contribution in [2.45, 2.75) is 36.0 Å². The fourth-order valence-electron chi connectivity index (χ4n) is 2.75. The Morgan fingerprint density at radius 3 is 2.52 bits per heavy atom. The third-order valence-electron chi connectivity index (χ3n) is 3.67. The third kappa shape index (κ3) is 3.92. The lowest BCUT2D eigenvalue weighted by Crippen LogP contribution is -2.48. The second-order valence-corrected chi connectivity index (χ2v) is 6.80. The first-order valence-electron chi connectivity index (χ1n) is 7.76. The molecule has 1 saturated heterocycles. The monoisotopic (exact) mass is 328 g/mol. The van der Waals surface area contributed by atoms with Gasteiger partial charge in [-0.15, -0.1) is 0 Å². The highest BCUT2D eigenvalue weighted by atomic mass is 32.2. The first-order chi connectivity index (χ1) is 11.1. The summed E-state index contributed by atoms with van der Waals surface area (Å²) < 4.78 is 5.71. The minimum atomic E-state index is 0.0264. The van der Waals surface area contributed by atoms with E-state index < -0.39 is 0 Å². The van der Waals surface area contributed by atoms with Gasteiger partial charge in [0, 0.05) is 24.2 Å². The minimum absolute atomic E-state index is 0.0264. The van der Waals surface area contributed by atoms with Crippen LogP contribution >= 0.6 is 11.8 Å². The zero-order valence-electron chi connectivity index (χ0n) is 13.3. The zero-order chi connectivity index (χ0) is 16.2. The maximum absolute atomic E-state index is 12.9. The van der Waals surface area contributed by atoms with Gasteiger partial charge in [-0.1, -0.05) is 30.0 Å². The van der Waals surface area contributed by atoms with Crippen molar-refractivity contribution in [1.29, 1.82) is 0 Å². The summed E-state index contributed by atoms with van der Waals surface area (Å²) in [6, 6.07) is 13.7. The highest BCUT2D eigenvalue weighted by Gasteiger charge is 2.28. The molecule has 120 valence electrons. The number of rotatable bonds is 3. The predicted octanol–water partition coefficient (Wildman–Crippen LogP) is 3.48. The van der Waals surface area contributed by atoms with Crippen molar-refractivity contribution in [3.05, 3.63) is 54.2 Å². The summed E-state index contributed by atoms with van der Waals surface area (Å²) in [6.45, 7) is 5.23. The van der Waals surface area contributed by atoms with E-state index in [2.05, 4.69) is 4.98 Å². The summed E-state index contributed by atoms with van der Waals surface area (Å²) in [4.78, 5) is 20.3. The molecule has 1 aliphatic rings. The Morgan fingerprint density at radius 2 is 1.83 bits per heavy atom. The van der Waals surface area contributed by atoms with Crippen molar-refractivity contribution < 1.29 is 9.53 Å². The van der Waals surface area contributed by atoms with Gasteiger partial charge in [-0.25, -0.2) is 4.98 Å². The molecule has 2 atom stereocenters. The molecule has 1 amide bonds. The van der Waals surface area contributed by atoms with Crippen LogP contribution in [0.2, 0.25) is 0 Å². The number of aromatic nitrogens is 1. The number of nitrogens with zero attached hydrogens (tertiary/aromatic N) is 2. The number of amides is 1. The molecule has 0 N–H and O–H groups in total. The molecule has 4 nitrogen and oxygen atoms in total. The van der Waals surface area contributed by atoms with Gasteiger partial charge in [-0.3, -0.25) is 4.79 Å². The smallest absolute Gasteiger partial charge is 0.256 e. The van der Waals surface area contributed by atoms with Crippen LogP contribution < -0.4 is 0 Å². The lowest BCUT2D eigenvalue weighted by atomic mass is 10.2. The average molecular weight is 328 g/mol. The number of morpholine rings is 1. The Balaban J connectivity index is 1.83. The Morgan fingerprint density at radius 1 is 1.13 bits per heavy atom. The van der Waals surface area contributed by atoms with Crippen LogP contribution in [0.1, 0.15) is 24.2 Å². The van der Waals surface area contributed by atoms with Crippen molar-refractivity contribution >= 4 is 17.7 Å². The maximum atomic E-state index is 12.9. The lowest BCUT2D eigenvalue weighted by Gasteiger charge is -2.35. The third-order valence-corrected chi connectivity index (χ3v) is 4.69. The fraction of sp³-hybridized carbons (Fsp3) is 0.333. The number of hydrogen-bond donors (Lipinski definition) is 0. The summed E-state index contributed by atoms with van der Waals surface area (Å²) in [5.74, 6) is 0.0264. The van der Waals surface area contributed by atoms with Crippen LogP contribution in [0.4, 0.5) is 0 Å². The predicted molar refractivity (Wildman–Crippen MR) is 90.7 cm³/mol. The highest BCUT2D eigenvalue weighted by molar-refractivity contribution is 7.99. The first-order valence-corrected chi connectivity index (χ1v) is 8.58. The molecule has 0 bridgehead atoms. The second kappa shape index (κ2) is 7.15. The molecule has 2 aromatic rings. The van der Waals surface area contributed by atoms with E-state index in [0.717, 1.165) is 9.92 Å². The standard InChI is InChI=1S/C18H20N2O2S/c1-13-11-20(12-14(2)22-13)18(21)16-9-6-10-19-17(16)23-15-7-4-3-5-8-15/h3-10,13-14H,11-12H2,1-2H3. The Bertz CT molecular complexity index is 668. The molecular formula is C18H20N2O2S. The molecule has 2 heterocycles. The van der Waals surface area contributed by atoms with Crippen LogP contribution in [0.3, 0.4) is 0 Å². The first kappa shape index (κ1) is 16.0. The molecule has 0 aliphatic carbocycles. The van der Waals surface area contributed by atoms with Gasteiger partial charge in [-0.05, 0) is 38.1 Å². The van der Waals surface area contributed by atoms with Gasteiger partial charge in [-0.2, -0.15) is 0 Å². The quantitative estimate of drug-likeness (QED) is 0.865. The van der Waals surface area contributed by atoms with Crippen LogP contribution in [0.15, 0.2) is 58.6 Å². The minimum Gasteiger partial charge on any atom is -0.372 e. The number of ether oxygens (including phenoxy) is 1. The SMILES string of the molecule is CC1CN(C(=O)c2cccnc2Sc2ccccc2)CC(C)O1. The Labute approximate surface area is 140 Å². The molecule has 1 aromatic carbocycles. The normalized spacial score (nSPS) is 21.2. The van der Waals surface area contributed by atoms with Crippen molar-refractivity contribution in [2.75, 3.05) is 13.1 Å². The van der Waals surface area contributed by atoms with Gasteiger partial charge in [0.25, 0.3) is 5.91 Å². The van der Waals surface area contributed by atoms with Gasteiger partial charge in [0.15, 0.2) is 0 Å². The molecule has 5 heteroatoms. The lowest BCUT2D eigenvalue weighted by molar-refractivity contribution is -0.0587. The average Bonchev–Trinajstić information content (AvgIpc) is 2.55. The summed E-state index contributed by atoms with van der Waals surface area (Å²) in [5.41, 5.74) is 0.655. The Kier molecular flexibility index (Phi) is 4.98. The van der Waals surface area contributed by atoms with E-state index in [-0.39, 0.29) is 18.1 Å². The van der Waals surface area contributed by atoms with E-state index in [1.54, 1.807) is 6.20 Å². The highest BCUT2D eigenvalue weighted by Crippen LogP contribution is 2.29. The van der Waals surface area contributed by atoms with E-state index in [1.807, 2.05) is 61.2 Å². The van der Waals surface area contributed by atoms with Gasteiger partial charge < -0.3 is 9.64 Å². The van der Waals surface area contributed by atoms with Crippen molar-refractivity contribution in [2.24, 2.45) is 0 Å². The van der Waals surface area contributed by atoms with Gasteiger partial charge in [0.2, 0.25) is 0 Å². The Hall–Kier alpha value is -1.85. The van der Waals surface area contributed by atoms with Crippen molar-refractivity contribution in [3.8, 4) is 0 Å². The van der Waals surface area contributed by atoms with E-state index in [9.17, 15) is 4.79 Å².